The van der Waals surface area contributed by atoms with Gasteiger partial charge in [-0.1, -0.05) is 42.5 Å². The first-order valence-corrected chi connectivity index (χ1v) is 10.4. The highest BCUT2D eigenvalue weighted by Crippen LogP contribution is 2.30. The molecule has 0 radical (unpaired) electrons. The smallest absolute Gasteiger partial charge is 0.304 e. The summed E-state index contributed by atoms with van der Waals surface area (Å²) in [5.41, 5.74) is 0.941. The second-order valence-electron chi connectivity index (χ2n) is 5.64. The Bertz CT molecular complexity index is 1060. The van der Waals surface area contributed by atoms with Crippen molar-refractivity contribution in [1.29, 1.82) is 0 Å². The maximum Gasteiger partial charge on any atom is 0.304 e. The number of carbonyl (C=O) groups is 2. The standard InChI is InChI=1S/C19H15NO5S2/c21-18(22)10-11-26-17-12-16(14-8-4-5-9-15(14)19(17)23)20-27(24,25)13-6-2-1-3-7-13/h1-9,12H,10-11H2,(H,21,22). The Hall–Kier alpha value is -2.71. The molecule has 1 aliphatic carbocycles. The van der Waals surface area contributed by atoms with Gasteiger partial charge >= 0.3 is 5.97 Å². The number of Topliss-reactive ketones (excluding diaryl/α,β-unsaturated/α-hetero) is 1. The van der Waals surface area contributed by atoms with Gasteiger partial charge in [-0.3, -0.25) is 9.59 Å². The highest BCUT2D eigenvalue weighted by atomic mass is 32.2. The average molecular weight is 401 g/mol. The summed E-state index contributed by atoms with van der Waals surface area (Å²) in [4.78, 5) is 23.7. The number of sulfonamides is 1. The number of hydrogen-bond donors (Lipinski definition) is 1. The minimum Gasteiger partial charge on any atom is -0.481 e. The van der Waals surface area contributed by atoms with Crippen LogP contribution in [0.1, 0.15) is 22.3 Å². The van der Waals surface area contributed by atoms with Crippen LogP contribution < -0.4 is 0 Å². The second-order valence-corrected chi connectivity index (χ2v) is 8.38. The van der Waals surface area contributed by atoms with E-state index in [2.05, 4.69) is 4.40 Å². The molecule has 0 fully saturated rings. The lowest BCUT2D eigenvalue weighted by atomic mass is 9.94. The zero-order valence-electron chi connectivity index (χ0n) is 14.0. The molecule has 6 nitrogen and oxygen atoms in total. The van der Waals surface area contributed by atoms with Crippen LogP contribution in [0.2, 0.25) is 0 Å². The molecule has 0 heterocycles. The van der Waals surface area contributed by atoms with Crippen LogP contribution in [-0.2, 0) is 14.8 Å². The molecule has 0 aromatic heterocycles. The molecule has 138 valence electrons. The molecule has 2 aromatic rings. The van der Waals surface area contributed by atoms with Crippen LogP contribution in [-0.4, -0.2) is 36.7 Å². The number of nitrogens with zero attached hydrogens (tertiary/aromatic N) is 1. The molecule has 0 saturated heterocycles. The van der Waals surface area contributed by atoms with Crippen LogP contribution in [0.3, 0.4) is 0 Å². The monoisotopic (exact) mass is 401 g/mol. The van der Waals surface area contributed by atoms with Crippen LogP contribution >= 0.6 is 11.8 Å². The molecule has 0 unspecified atom stereocenters. The second kappa shape index (κ2) is 7.89. The van der Waals surface area contributed by atoms with Gasteiger partial charge in [-0.15, -0.1) is 11.8 Å². The van der Waals surface area contributed by atoms with Crippen molar-refractivity contribution in [2.75, 3.05) is 5.75 Å². The number of thioether (sulfide) groups is 1. The molecule has 0 amide bonds. The van der Waals surface area contributed by atoms with Gasteiger partial charge < -0.3 is 5.11 Å². The van der Waals surface area contributed by atoms with Gasteiger partial charge in [0, 0.05) is 16.9 Å². The lowest BCUT2D eigenvalue weighted by molar-refractivity contribution is -0.136. The summed E-state index contributed by atoms with van der Waals surface area (Å²) >= 11 is 1.08. The molecule has 0 aliphatic heterocycles. The molecule has 0 spiro atoms. The fourth-order valence-electron chi connectivity index (χ4n) is 2.51. The normalized spacial score (nSPS) is 15.3. The van der Waals surface area contributed by atoms with Gasteiger partial charge in [0.25, 0.3) is 10.0 Å². The first-order chi connectivity index (χ1) is 12.9. The van der Waals surface area contributed by atoms with E-state index in [1.165, 1.54) is 18.2 Å². The zero-order valence-corrected chi connectivity index (χ0v) is 15.7. The predicted molar refractivity (Wildman–Crippen MR) is 104 cm³/mol. The Morgan fingerprint density at radius 1 is 1.00 bits per heavy atom. The lowest BCUT2D eigenvalue weighted by Crippen LogP contribution is -2.18. The first-order valence-electron chi connectivity index (χ1n) is 7.99. The number of carboxylic acids is 1. The summed E-state index contributed by atoms with van der Waals surface area (Å²) in [6.45, 7) is 0. The fraction of sp³-hybridized carbons (Fsp3) is 0.105. The van der Waals surface area contributed by atoms with Crippen LogP contribution in [0.5, 0.6) is 0 Å². The van der Waals surface area contributed by atoms with E-state index >= 15 is 0 Å². The van der Waals surface area contributed by atoms with Crippen molar-refractivity contribution in [2.24, 2.45) is 4.40 Å². The van der Waals surface area contributed by atoms with Gasteiger partial charge in [-0.25, -0.2) is 0 Å². The third kappa shape index (κ3) is 4.35. The molecule has 1 aliphatic rings. The van der Waals surface area contributed by atoms with Crippen LogP contribution in [0, 0.1) is 0 Å². The Morgan fingerprint density at radius 3 is 2.30 bits per heavy atom. The maximum atomic E-state index is 12.6. The quantitative estimate of drug-likeness (QED) is 0.798. The van der Waals surface area contributed by atoms with Crippen molar-refractivity contribution >= 4 is 39.2 Å². The van der Waals surface area contributed by atoms with E-state index in [0.29, 0.717) is 11.1 Å². The number of benzene rings is 2. The number of ketones is 1. The van der Waals surface area contributed by atoms with Crippen molar-refractivity contribution in [3.8, 4) is 0 Å². The Kier molecular flexibility index (Phi) is 5.57. The number of aliphatic carboxylic acids is 1. The summed E-state index contributed by atoms with van der Waals surface area (Å²) < 4.78 is 29.2. The van der Waals surface area contributed by atoms with Gasteiger partial charge in [0.2, 0.25) is 0 Å². The van der Waals surface area contributed by atoms with E-state index < -0.39 is 16.0 Å². The maximum absolute atomic E-state index is 12.6. The van der Waals surface area contributed by atoms with Gasteiger partial charge in [0.05, 0.1) is 21.9 Å². The van der Waals surface area contributed by atoms with Crippen molar-refractivity contribution < 1.29 is 23.1 Å². The summed E-state index contributed by atoms with van der Waals surface area (Å²) in [5.74, 6) is -1.03. The van der Waals surface area contributed by atoms with E-state index in [9.17, 15) is 18.0 Å². The number of allylic oxidation sites excluding steroid dienone is 2. The lowest BCUT2D eigenvalue weighted by Gasteiger charge is -2.17. The van der Waals surface area contributed by atoms with E-state index in [-0.39, 0.29) is 33.5 Å². The highest BCUT2D eigenvalue weighted by Gasteiger charge is 2.26. The number of hydrogen-bond acceptors (Lipinski definition) is 5. The van der Waals surface area contributed by atoms with Gasteiger partial charge in [0.15, 0.2) is 5.78 Å². The summed E-state index contributed by atoms with van der Waals surface area (Å²) in [6.07, 6.45) is 1.31. The van der Waals surface area contributed by atoms with Crippen molar-refractivity contribution in [1.82, 2.24) is 0 Å². The van der Waals surface area contributed by atoms with E-state index in [1.807, 2.05) is 0 Å². The van der Waals surface area contributed by atoms with Crippen molar-refractivity contribution in [2.45, 2.75) is 11.3 Å². The Morgan fingerprint density at radius 2 is 1.63 bits per heavy atom. The van der Waals surface area contributed by atoms with Gasteiger partial charge in [-0.05, 0) is 18.2 Å². The third-order valence-corrected chi connectivity index (χ3v) is 6.10. The van der Waals surface area contributed by atoms with Crippen molar-refractivity contribution in [3.05, 3.63) is 76.7 Å². The van der Waals surface area contributed by atoms with Crippen LogP contribution in [0.4, 0.5) is 0 Å². The minimum atomic E-state index is -3.95. The van der Waals surface area contributed by atoms with E-state index in [0.717, 1.165) is 11.8 Å². The fourth-order valence-corrected chi connectivity index (χ4v) is 4.46. The Balaban J connectivity index is 2.04. The predicted octanol–water partition coefficient (Wildman–Crippen LogP) is 3.15. The number of rotatable bonds is 6. The number of carboxylic acid groups (broad SMARTS) is 1. The molecule has 0 atom stereocenters. The van der Waals surface area contributed by atoms with E-state index in [4.69, 9.17) is 5.11 Å². The summed E-state index contributed by atoms with van der Waals surface area (Å²) in [7, 11) is -3.95. The SMILES string of the molecule is O=C(O)CCSC1=CC(=NS(=O)(=O)c2ccccc2)c2ccccc2C1=O. The average Bonchev–Trinajstić information content (AvgIpc) is 2.65. The molecule has 3 rings (SSSR count). The largest absolute Gasteiger partial charge is 0.481 e. The third-order valence-electron chi connectivity index (χ3n) is 3.77. The zero-order chi connectivity index (χ0) is 19.4. The van der Waals surface area contributed by atoms with Crippen LogP contribution in [0.25, 0.3) is 0 Å². The number of fused-ring (bicyclic) bond motifs is 1. The van der Waals surface area contributed by atoms with Crippen molar-refractivity contribution in [3.63, 3.8) is 0 Å². The first kappa shape index (κ1) is 19.1. The van der Waals surface area contributed by atoms with E-state index in [1.54, 1.807) is 42.5 Å². The molecule has 0 bridgehead atoms. The molecular formula is C19H15NO5S2. The molecule has 0 saturated carbocycles. The Labute approximate surface area is 160 Å². The molecular weight excluding hydrogens is 386 g/mol. The van der Waals surface area contributed by atoms with Gasteiger partial charge in [-0.2, -0.15) is 12.8 Å². The molecule has 8 heteroatoms. The molecule has 27 heavy (non-hydrogen) atoms. The summed E-state index contributed by atoms with van der Waals surface area (Å²) in [6, 6.07) is 14.4. The minimum absolute atomic E-state index is 0.0559. The molecule has 1 N–H and O–H groups in total. The molecule has 2 aromatic carbocycles. The number of carbonyl (C=O) groups excluding carboxylic acids is 1. The van der Waals surface area contributed by atoms with Crippen LogP contribution in [0.15, 0.2) is 74.9 Å². The summed E-state index contributed by atoms with van der Waals surface area (Å²) in [5, 5.41) is 8.78. The highest BCUT2D eigenvalue weighted by molar-refractivity contribution is 8.04. The van der Waals surface area contributed by atoms with Gasteiger partial charge in [0.1, 0.15) is 0 Å². The topological polar surface area (TPSA) is 101 Å².